The number of primary sulfonamides is 1. The van der Waals surface area contributed by atoms with Crippen LogP contribution < -0.4 is 20.5 Å². The number of β-amino-alcohol motifs (C(OH)–C–C–N with tert-alkyl or cyclic N) is 1. The van der Waals surface area contributed by atoms with Gasteiger partial charge in [-0.25, -0.2) is 13.6 Å². The predicted octanol–water partition coefficient (Wildman–Crippen LogP) is 6.95. The molecule has 2 atom stereocenters. The van der Waals surface area contributed by atoms with Crippen LogP contribution in [-0.2, 0) is 42.7 Å². The quantitative estimate of drug-likeness (QED) is 0.0460. The van der Waals surface area contributed by atoms with E-state index in [9.17, 15) is 27.9 Å². The third kappa shape index (κ3) is 14.2. The topological polar surface area (TPSA) is 221 Å². The highest BCUT2D eigenvalue weighted by molar-refractivity contribution is 7.93. The minimum Gasteiger partial charge on any atom is -0.490 e. The Kier molecular flexibility index (Phi) is 19.0. The number of para-hydroxylation sites is 1. The van der Waals surface area contributed by atoms with Crippen LogP contribution in [0.2, 0.25) is 0 Å². The molecule has 0 radical (unpaired) electrons. The first kappa shape index (κ1) is 47.7. The third-order valence-corrected chi connectivity index (χ3v) is 10.4. The van der Waals surface area contributed by atoms with E-state index >= 15 is 0 Å². The molecule has 310 valence electrons. The zero-order valence-electron chi connectivity index (χ0n) is 33.9. The number of aromatic nitrogens is 1. The van der Waals surface area contributed by atoms with E-state index in [4.69, 9.17) is 20.1 Å². The summed E-state index contributed by atoms with van der Waals surface area (Å²) in [6, 6.07) is 12.0. The lowest BCUT2D eigenvalue weighted by molar-refractivity contribution is -0.143. The van der Waals surface area contributed by atoms with Gasteiger partial charge in [0.25, 0.3) is 0 Å². The van der Waals surface area contributed by atoms with Gasteiger partial charge in [-0.15, -0.1) is 0 Å². The summed E-state index contributed by atoms with van der Waals surface area (Å²) >= 11 is 0. The molecule has 1 aromatic heterocycles. The number of amides is 1. The Morgan fingerprint density at radius 2 is 1.71 bits per heavy atom. The summed E-state index contributed by atoms with van der Waals surface area (Å²) in [6.45, 7) is 14.5. The average molecular weight is 799 g/mol. The molecule has 0 saturated carbocycles. The van der Waals surface area contributed by atoms with Gasteiger partial charge in [0.15, 0.2) is 0 Å². The first-order chi connectivity index (χ1) is 26.4. The molecule has 0 aliphatic carbocycles. The Hall–Kier alpha value is -4.50. The summed E-state index contributed by atoms with van der Waals surface area (Å²) in [4.78, 5) is 35.7. The van der Waals surface area contributed by atoms with Crippen LogP contribution in [0.4, 0.5) is 5.69 Å². The number of carbonyl (C=O) groups is 3. The molecule has 14 heteroatoms. The second-order valence-corrected chi connectivity index (χ2v) is 16.0. The van der Waals surface area contributed by atoms with E-state index in [-0.39, 0.29) is 35.8 Å². The number of aliphatic hydroxyl groups excluding tert-OH is 1. The molecular weight excluding hydrogens is 737 g/mol. The van der Waals surface area contributed by atoms with Gasteiger partial charge in [-0.2, -0.15) is 0 Å². The van der Waals surface area contributed by atoms with Gasteiger partial charge in [0.2, 0.25) is 15.9 Å². The van der Waals surface area contributed by atoms with Crippen molar-refractivity contribution < 1.29 is 42.9 Å². The van der Waals surface area contributed by atoms with Crippen LogP contribution in [0, 0.1) is 0 Å². The summed E-state index contributed by atoms with van der Waals surface area (Å²) in [5.41, 5.74) is 4.24. The van der Waals surface area contributed by atoms with Crippen LogP contribution in [-0.4, -0.2) is 71.4 Å². The minimum atomic E-state index is -3.70. The maximum atomic E-state index is 12.9. The number of unbranched alkanes of at least 4 members (excludes halogenated alkanes) is 2. The Balaban J connectivity index is 0.000000962. The molecule has 1 aliphatic heterocycles. The maximum Gasteiger partial charge on any atom is 0.303 e. The number of anilines is 1. The van der Waals surface area contributed by atoms with Crippen LogP contribution in [0.25, 0.3) is 10.9 Å². The van der Waals surface area contributed by atoms with Crippen molar-refractivity contribution in [2.45, 2.75) is 123 Å². The van der Waals surface area contributed by atoms with Crippen LogP contribution in [0.5, 0.6) is 5.75 Å². The number of aliphatic carboxylic acids is 2. The number of aryl methyl sites for hydroxylation is 1. The highest BCUT2D eigenvalue weighted by Crippen LogP contribution is 2.46. The number of nitrogens with two attached hydrogens (primary N) is 1. The number of hydrogen-bond acceptors (Lipinski definition) is 8. The second-order valence-electron chi connectivity index (χ2n) is 14.4. The number of nitrogens with one attached hydrogen (secondary N) is 3. The highest BCUT2D eigenvalue weighted by atomic mass is 32.2. The van der Waals surface area contributed by atoms with Crippen LogP contribution in [0.1, 0.15) is 110 Å². The second kappa shape index (κ2) is 22.3. The molecule has 4 rings (SSSR count). The predicted molar refractivity (Wildman–Crippen MR) is 222 cm³/mol. The number of rotatable bonds is 20. The molecule has 2 unspecified atom stereocenters. The van der Waals surface area contributed by atoms with E-state index in [2.05, 4.69) is 60.8 Å². The van der Waals surface area contributed by atoms with E-state index in [0.717, 1.165) is 61.7 Å². The molecule has 2 heterocycles. The van der Waals surface area contributed by atoms with Crippen molar-refractivity contribution in [2.24, 2.45) is 5.14 Å². The molecule has 1 amide bonds. The number of aliphatic hydroxyl groups is 1. The lowest BCUT2D eigenvalue weighted by atomic mass is 9.79. The number of H-pyrrole nitrogens is 1. The van der Waals surface area contributed by atoms with E-state index < -0.39 is 33.5 Å². The molecule has 3 aromatic rings. The Labute approximate surface area is 331 Å². The largest absolute Gasteiger partial charge is 0.490 e. The molecule has 2 aromatic carbocycles. The van der Waals surface area contributed by atoms with Crippen LogP contribution in [0.15, 0.2) is 65.7 Å². The molecule has 8 N–H and O–H groups in total. The standard InChI is InChI=1S/C36H50N4O5S.C4H6O4.C2H6/c1-6-8-20-36(5)32-30(40-34(36)42)18-13-19-31(32)45-24-27(41)23-39-35(3,4)21-26-22-38-33-25(15-12-17-29(26)33)14-10-9-11-16-28(7-2)46(37,43)44;5-3(6)1-2-4(7)8;1-2/h7,11-13,15-19,22,27,38-39,41H,6,8-10,14,20-21,23-24H2,1-5H3,(H,40,42)(H2,37,43,44);1-2H2,(H,5,6)(H,7,8);1-2H3/b16-11-,28-7+;;. The smallest absolute Gasteiger partial charge is 0.303 e. The van der Waals surface area contributed by atoms with Crippen molar-refractivity contribution in [2.75, 3.05) is 18.5 Å². The van der Waals surface area contributed by atoms with Gasteiger partial charge < -0.3 is 35.7 Å². The summed E-state index contributed by atoms with van der Waals surface area (Å²) in [5.74, 6) is -1.51. The maximum absolute atomic E-state index is 12.9. The van der Waals surface area contributed by atoms with Gasteiger partial charge in [0, 0.05) is 40.4 Å². The van der Waals surface area contributed by atoms with Gasteiger partial charge in [-0.3, -0.25) is 14.4 Å². The number of carboxylic acid groups (broad SMARTS) is 2. The van der Waals surface area contributed by atoms with Crippen molar-refractivity contribution in [3.63, 3.8) is 0 Å². The normalized spacial score (nSPS) is 16.0. The molecule has 0 spiro atoms. The summed E-state index contributed by atoms with van der Waals surface area (Å²) in [7, 11) is -3.70. The molecule has 1 aliphatic rings. The summed E-state index contributed by atoms with van der Waals surface area (Å²) in [6.07, 6.45) is 11.5. The lowest BCUT2D eigenvalue weighted by Gasteiger charge is -2.28. The Morgan fingerprint density at radius 3 is 2.32 bits per heavy atom. The number of allylic oxidation sites excluding steroid dienone is 3. The van der Waals surface area contributed by atoms with E-state index in [1.54, 1.807) is 13.0 Å². The number of ether oxygens (including phenoxy) is 1. The number of aromatic amines is 1. The van der Waals surface area contributed by atoms with E-state index in [1.807, 2.05) is 45.0 Å². The summed E-state index contributed by atoms with van der Waals surface area (Å²) in [5, 5.41) is 39.6. The number of benzene rings is 2. The Bertz CT molecular complexity index is 1920. The lowest BCUT2D eigenvalue weighted by Crippen LogP contribution is -2.46. The summed E-state index contributed by atoms with van der Waals surface area (Å²) < 4.78 is 29.3. The first-order valence-electron chi connectivity index (χ1n) is 19.3. The van der Waals surface area contributed by atoms with Gasteiger partial charge in [0.1, 0.15) is 18.5 Å². The van der Waals surface area contributed by atoms with Crippen molar-refractivity contribution >= 4 is 44.5 Å². The number of carbonyl (C=O) groups excluding carboxylic acids is 1. The van der Waals surface area contributed by atoms with E-state index in [0.29, 0.717) is 12.3 Å². The number of sulfonamides is 1. The van der Waals surface area contributed by atoms with Crippen LogP contribution >= 0.6 is 0 Å². The van der Waals surface area contributed by atoms with Gasteiger partial charge in [0.05, 0.1) is 23.2 Å². The fraction of sp³-hybridized carbons (Fsp3) is 0.500. The molecular formula is C42H62N4O9S. The highest BCUT2D eigenvalue weighted by Gasteiger charge is 2.44. The molecule has 13 nitrogen and oxygen atoms in total. The van der Waals surface area contributed by atoms with Crippen molar-refractivity contribution in [3.8, 4) is 5.75 Å². The monoisotopic (exact) mass is 798 g/mol. The molecule has 0 saturated heterocycles. The zero-order valence-corrected chi connectivity index (χ0v) is 34.7. The van der Waals surface area contributed by atoms with Crippen molar-refractivity contribution in [3.05, 3.63) is 82.4 Å². The Morgan fingerprint density at radius 1 is 1.05 bits per heavy atom. The first-order valence-corrected chi connectivity index (χ1v) is 20.8. The third-order valence-electron chi connectivity index (χ3n) is 9.39. The van der Waals surface area contributed by atoms with Gasteiger partial charge >= 0.3 is 11.9 Å². The minimum absolute atomic E-state index is 0.00135. The van der Waals surface area contributed by atoms with E-state index in [1.165, 1.54) is 22.6 Å². The number of carboxylic acids is 2. The average Bonchev–Trinajstić information content (AvgIpc) is 3.67. The fourth-order valence-electron chi connectivity index (χ4n) is 6.45. The van der Waals surface area contributed by atoms with Crippen molar-refractivity contribution in [1.29, 1.82) is 0 Å². The molecule has 56 heavy (non-hydrogen) atoms. The molecule has 0 bridgehead atoms. The zero-order chi connectivity index (χ0) is 42.1. The van der Waals surface area contributed by atoms with Gasteiger partial charge in [-0.05, 0) is 89.1 Å². The van der Waals surface area contributed by atoms with Crippen LogP contribution in [0.3, 0.4) is 0 Å². The fourth-order valence-corrected chi connectivity index (χ4v) is 7.07. The number of fused-ring (bicyclic) bond motifs is 2. The SMILES string of the molecule is C/C=C(\C=C/CCCc1cccc2c(CC(C)(C)NCC(O)COc3cccc4c3C(C)(CCCC)C(=O)N4)c[nH]c12)S(N)(=O)=O.CC.O=C(O)CCC(=O)O. The number of hydrogen-bond donors (Lipinski definition) is 7. The van der Waals surface area contributed by atoms with Gasteiger partial charge in [-0.1, -0.05) is 70.0 Å². The molecule has 0 fully saturated rings. The van der Waals surface area contributed by atoms with Crippen molar-refractivity contribution in [1.82, 2.24) is 10.3 Å².